The highest BCUT2D eigenvalue weighted by Crippen LogP contribution is 2.44. The van der Waals surface area contributed by atoms with Gasteiger partial charge in [-0.15, -0.1) is 23.4 Å². The second kappa shape index (κ2) is 7.23. The highest BCUT2D eigenvalue weighted by atomic mass is 35.5. The van der Waals surface area contributed by atoms with Crippen LogP contribution >= 0.6 is 23.4 Å². The van der Waals surface area contributed by atoms with Crippen molar-refractivity contribution in [3.8, 4) is 5.75 Å². The van der Waals surface area contributed by atoms with E-state index in [1.54, 1.807) is 18.1 Å². The number of alkyl halides is 1. The molecule has 1 aromatic carbocycles. The SMILES string of the molecule is COc1cccc(C(=O)N2CCSC23CCN(C(=O)CCl)CC3)c1. The van der Waals surface area contributed by atoms with Gasteiger partial charge in [0.15, 0.2) is 0 Å². The molecule has 0 N–H and O–H groups in total. The molecule has 0 saturated carbocycles. The molecule has 2 fully saturated rings. The molecular formula is C17H21ClN2O3S. The number of carbonyl (C=O) groups excluding carboxylic acids is 2. The minimum atomic E-state index is -0.205. The Balaban J connectivity index is 1.76. The van der Waals surface area contributed by atoms with E-state index in [2.05, 4.69) is 0 Å². The molecule has 0 atom stereocenters. The third-order valence-electron chi connectivity index (χ3n) is 4.75. The maximum absolute atomic E-state index is 13.0. The Bertz CT molecular complexity index is 632. The summed E-state index contributed by atoms with van der Waals surface area (Å²) in [7, 11) is 1.60. The van der Waals surface area contributed by atoms with Crippen LogP contribution in [0, 0.1) is 0 Å². The van der Waals surface area contributed by atoms with Crippen molar-refractivity contribution in [2.45, 2.75) is 17.7 Å². The number of halogens is 1. The monoisotopic (exact) mass is 368 g/mol. The molecule has 0 aromatic heterocycles. The largest absolute Gasteiger partial charge is 0.497 e. The molecule has 7 heteroatoms. The van der Waals surface area contributed by atoms with Crippen LogP contribution in [0.3, 0.4) is 0 Å². The molecule has 2 heterocycles. The number of rotatable bonds is 3. The van der Waals surface area contributed by atoms with Crippen molar-refractivity contribution in [1.82, 2.24) is 9.80 Å². The molecule has 3 rings (SSSR count). The molecule has 2 saturated heterocycles. The lowest BCUT2D eigenvalue weighted by Gasteiger charge is -2.44. The summed E-state index contributed by atoms with van der Waals surface area (Å²) in [6.45, 7) is 2.05. The number of carbonyl (C=O) groups is 2. The van der Waals surface area contributed by atoms with E-state index in [1.165, 1.54) is 0 Å². The van der Waals surface area contributed by atoms with Crippen LogP contribution < -0.4 is 4.74 Å². The van der Waals surface area contributed by atoms with Gasteiger partial charge in [-0.05, 0) is 31.0 Å². The van der Waals surface area contributed by atoms with Crippen LogP contribution in [0.1, 0.15) is 23.2 Å². The van der Waals surface area contributed by atoms with Crippen LogP contribution in [0.25, 0.3) is 0 Å². The van der Waals surface area contributed by atoms with Crippen LogP contribution in [0.2, 0.25) is 0 Å². The average Bonchev–Trinajstić information content (AvgIpc) is 3.04. The highest BCUT2D eigenvalue weighted by Gasteiger charge is 2.46. The first-order valence-corrected chi connectivity index (χ1v) is 9.55. The number of methoxy groups -OCH3 is 1. The Morgan fingerprint density at radius 2 is 2.04 bits per heavy atom. The van der Waals surface area contributed by atoms with Gasteiger partial charge < -0.3 is 14.5 Å². The molecule has 24 heavy (non-hydrogen) atoms. The third-order valence-corrected chi connectivity index (χ3v) is 6.53. The van der Waals surface area contributed by atoms with Crippen LogP contribution in [0.15, 0.2) is 24.3 Å². The molecule has 2 amide bonds. The molecule has 0 bridgehead atoms. The van der Waals surface area contributed by atoms with E-state index in [9.17, 15) is 9.59 Å². The highest BCUT2D eigenvalue weighted by molar-refractivity contribution is 8.00. The van der Waals surface area contributed by atoms with Gasteiger partial charge in [0, 0.05) is 31.0 Å². The fourth-order valence-electron chi connectivity index (χ4n) is 3.41. The van der Waals surface area contributed by atoms with Gasteiger partial charge in [-0.3, -0.25) is 9.59 Å². The Labute approximate surface area is 151 Å². The van der Waals surface area contributed by atoms with Gasteiger partial charge in [0.1, 0.15) is 11.6 Å². The molecule has 0 aliphatic carbocycles. The Kier molecular flexibility index (Phi) is 5.25. The second-order valence-corrected chi connectivity index (χ2v) is 7.72. The summed E-state index contributed by atoms with van der Waals surface area (Å²) in [4.78, 5) is 28.4. The van der Waals surface area contributed by atoms with Gasteiger partial charge in [-0.25, -0.2) is 0 Å². The van der Waals surface area contributed by atoms with Crippen molar-refractivity contribution in [2.75, 3.05) is 38.4 Å². The molecular weight excluding hydrogens is 348 g/mol. The predicted molar refractivity (Wildman–Crippen MR) is 95.8 cm³/mol. The molecule has 1 aromatic rings. The van der Waals surface area contributed by atoms with E-state index in [-0.39, 0.29) is 22.6 Å². The molecule has 2 aliphatic heterocycles. The van der Waals surface area contributed by atoms with Crippen LogP contribution in [-0.4, -0.2) is 64.9 Å². The first-order valence-electron chi connectivity index (χ1n) is 8.03. The fourth-order valence-corrected chi connectivity index (χ4v) is 5.04. The number of nitrogens with zero attached hydrogens (tertiary/aromatic N) is 2. The Hall–Kier alpha value is -1.40. The lowest BCUT2D eigenvalue weighted by Crippen LogP contribution is -2.53. The summed E-state index contributed by atoms with van der Waals surface area (Å²) in [5, 5.41) is 0. The summed E-state index contributed by atoms with van der Waals surface area (Å²) < 4.78 is 5.22. The number of amides is 2. The predicted octanol–water partition coefficient (Wildman–Crippen LogP) is 2.44. The van der Waals surface area contributed by atoms with Crippen molar-refractivity contribution in [1.29, 1.82) is 0 Å². The Morgan fingerprint density at radius 3 is 2.71 bits per heavy atom. The van der Waals surface area contributed by atoms with Gasteiger partial charge in [0.25, 0.3) is 5.91 Å². The molecule has 0 radical (unpaired) electrons. The van der Waals surface area contributed by atoms with E-state index >= 15 is 0 Å². The van der Waals surface area contributed by atoms with Gasteiger partial charge >= 0.3 is 0 Å². The van der Waals surface area contributed by atoms with Crippen LogP contribution in [-0.2, 0) is 4.79 Å². The summed E-state index contributed by atoms with van der Waals surface area (Å²) in [6.07, 6.45) is 1.58. The van der Waals surface area contributed by atoms with Gasteiger partial charge in [-0.1, -0.05) is 6.07 Å². The molecule has 0 unspecified atom stereocenters. The number of piperidine rings is 1. The van der Waals surface area contributed by atoms with Gasteiger partial charge in [0.2, 0.25) is 5.91 Å². The Morgan fingerprint density at radius 1 is 1.29 bits per heavy atom. The van der Waals surface area contributed by atoms with Crippen molar-refractivity contribution in [3.63, 3.8) is 0 Å². The third kappa shape index (κ3) is 3.22. The number of thioether (sulfide) groups is 1. The normalized spacial score (nSPS) is 19.6. The number of likely N-dealkylation sites (tertiary alicyclic amines) is 1. The van der Waals surface area contributed by atoms with Gasteiger partial charge in [0.05, 0.1) is 12.0 Å². The van der Waals surface area contributed by atoms with Crippen molar-refractivity contribution in [3.05, 3.63) is 29.8 Å². The summed E-state index contributed by atoms with van der Waals surface area (Å²) in [6, 6.07) is 7.28. The average molecular weight is 369 g/mol. The smallest absolute Gasteiger partial charge is 0.255 e. The topological polar surface area (TPSA) is 49.9 Å². The first-order chi connectivity index (χ1) is 11.6. The number of benzene rings is 1. The van der Waals surface area contributed by atoms with E-state index in [4.69, 9.17) is 16.3 Å². The number of hydrogen-bond acceptors (Lipinski definition) is 4. The van der Waals surface area contributed by atoms with Crippen molar-refractivity contribution >= 4 is 35.2 Å². The van der Waals surface area contributed by atoms with E-state index in [0.717, 1.165) is 25.1 Å². The zero-order valence-electron chi connectivity index (χ0n) is 13.7. The van der Waals surface area contributed by atoms with Crippen LogP contribution in [0.5, 0.6) is 5.75 Å². The summed E-state index contributed by atoms with van der Waals surface area (Å²) >= 11 is 7.48. The molecule has 1 spiro atoms. The molecule has 130 valence electrons. The van der Waals surface area contributed by atoms with Crippen molar-refractivity contribution < 1.29 is 14.3 Å². The number of ether oxygens (including phenoxy) is 1. The lowest BCUT2D eigenvalue weighted by atomic mass is 10.0. The summed E-state index contributed by atoms with van der Waals surface area (Å²) in [5.41, 5.74) is 0.649. The van der Waals surface area contributed by atoms with Gasteiger partial charge in [-0.2, -0.15) is 0 Å². The summed E-state index contributed by atoms with van der Waals surface area (Å²) in [5.74, 6) is 1.65. The zero-order chi connectivity index (χ0) is 17.2. The molecule has 5 nitrogen and oxygen atoms in total. The minimum Gasteiger partial charge on any atom is -0.497 e. The minimum absolute atomic E-state index is 0.0204. The quantitative estimate of drug-likeness (QED) is 0.769. The maximum Gasteiger partial charge on any atom is 0.255 e. The fraction of sp³-hybridized carbons (Fsp3) is 0.529. The van der Waals surface area contributed by atoms with Crippen LogP contribution in [0.4, 0.5) is 0 Å². The van der Waals surface area contributed by atoms with Crippen molar-refractivity contribution in [2.24, 2.45) is 0 Å². The van der Waals surface area contributed by atoms with E-state index in [1.807, 2.05) is 34.9 Å². The zero-order valence-corrected chi connectivity index (χ0v) is 15.2. The second-order valence-electron chi connectivity index (χ2n) is 6.00. The maximum atomic E-state index is 13.0. The number of hydrogen-bond donors (Lipinski definition) is 0. The van der Waals surface area contributed by atoms with E-state index < -0.39 is 0 Å². The molecule has 2 aliphatic rings. The first kappa shape index (κ1) is 17.4. The van der Waals surface area contributed by atoms with E-state index in [0.29, 0.717) is 24.4 Å². The lowest BCUT2D eigenvalue weighted by molar-refractivity contribution is -0.130. The standard InChI is InChI=1S/C17H21ClN2O3S/c1-23-14-4-2-3-13(11-14)16(22)20-9-10-24-17(20)5-7-19(8-6-17)15(21)12-18/h2-4,11H,5-10,12H2,1H3.